The van der Waals surface area contributed by atoms with Crippen molar-refractivity contribution in [2.45, 2.75) is 59.1 Å². The molecule has 2 aliphatic heterocycles. The Balaban J connectivity index is 2.14. The van der Waals surface area contributed by atoms with Crippen molar-refractivity contribution in [3.05, 3.63) is 52.6 Å². The molecule has 0 aromatic carbocycles. The highest BCUT2D eigenvalue weighted by Crippen LogP contribution is 2.40. The van der Waals surface area contributed by atoms with E-state index in [9.17, 15) is 4.79 Å². The minimum atomic E-state index is -0.348. The molecule has 0 fully saturated rings. The second kappa shape index (κ2) is 7.18. The normalized spacial score (nSPS) is 21.7. The largest absolute Gasteiger partial charge is 0.475 e. The van der Waals surface area contributed by atoms with Gasteiger partial charge >= 0.3 is 5.97 Å². The van der Waals surface area contributed by atoms with Gasteiger partial charge in [0.15, 0.2) is 0 Å². The number of hydrogen-bond donors (Lipinski definition) is 1. The lowest BCUT2D eigenvalue weighted by Crippen LogP contribution is -2.32. The Morgan fingerprint density at radius 3 is 2.63 bits per heavy atom. The van der Waals surface area contributed by atoms with Crippen LogP contribution in [0.1, 0.15) is 53.0 Å². The SMILES string of the molecule is CC1=C(C(=O)OC(C)C)[C@H](c2cccnc2)C(C2=NC(C)(C)CO2)=C(C)N1. The van der Waals surface area contributed by atoms with Crippen LogP contribution < -0.4 is 5.32 Å². The van der Waals surface area contributed by atoms with Crippen molar-refractivity contribution in [1.29, 1.82) is 0 Å². The van der Waals surface area contributed by atoms with Gasteiger partial charge in [0, 0.05) is 29.4 Å². The lowest BCUT2D eigenvalue weighted by Gasteiger charge is -2.31. The number of ether oxygens (including phenoxy) is 2. The minimum absolute atomic E-state index is 0.207. The minimum Gasteiger partial charge on any atom is -0.475 e. The molecule has 1 aromatic heterocycles. The number of aromatic nitrogens is 1. The summed E-state index contributed by atoms with van der Waals surface area (Å²) in [5.74, 6) is -0.119. The molecule has 1 aromatic rings. The Bertz CT molecular complexity index is 835. The van der Waals surface area contributed by atoms with Gasteiger partial charge in [-0.25, -0.2) is 9.79 Å². The van der Waals surface area contributed by atoms with Crippen LogP contribution >= 0.6 is 0 Å². The summed E-state index contributed by atoms with van der Waals surface area (Å²) in [7, 11) is 0. The number of carbonyl (C=O) groups excluding carboxylic acids is 1. The van der Waals surface area contributed by atoms with E-state index in [2.05, 4.69) is 10.3 Å². The lowest BCUT2D eigenvalue weighted by atomic mass is 9.81. The van der Waals surface area contributed by atoms with E-state index in [1.807, 2.05) is 53.7 Å². The summed E-state index contributed by atoms with van der Waals surface area (Å²) >= 11 is 0. The Kier molecular flexibility index (Phi) is 5.09. The summed E-state index contributed by atoms with van der Waals surface area (Å²) in [5.41, 5.74) is 3.71. The van der Waals surface area contributed by atoms with Gasteiger partial charge in [-0.2, -0.15) is 0 Å². The predicted molar refractivity (Wildman–Crippen MR) is 104 cm³/mol. The summed E-state index contributed by atoms with van der Waals surface area (Å²) in [6.45, 7) is 12.1. The van der Waals surface area contributed by atoms with Crippen LogP contribution in [0.5, 0.6) is 0 Å². The molecular weight excluding hydrogens is 342 g/mol. The highest BCUT2D eigenvalue weighted by Gasteiger charge is 2.40. The number of dihydropyridines is 1. The first-order valence-electron chi connectivity index (χ1n) is 9.22. The Hall–Kier alpha value is -2.63. The monoisotopic (exact) mass is 369 g/mol. The molecule has 27 heavy (non-hydrogen) atoms. The van der Waals surface area contributed by atoms with Gasteiger partial charge in [-0.05, 0) is 53.2 Å². The molecule has 0 unspecified atom stereocenters. The van der Waals surface area contributed by atoms with E-state index in [0.29, 0.717) is 18.1 Å². The summed E-state index contributed by atoms with van der Waals surface area (Å²) in [6.07, 6.45) is 3.29. The molecule has 0 saturated heterocycles. The number of nitrogens with one attached hydrogen (secondary N) is 1. The van der Waals surface area contributed by atoms with Gasteiger partial charge in [0.2, 0.25) is 5.90 Å². The fraction of sp³-hybridized carbons (Fsp3) is 0.476. The predicted octanol–water partition coefficient (Wildman–Crippen LogP) is 3.48. The molecule has 2 aliphatic rings. The van der Waals surface area contributed by atoms with Crippen LogP contribution in [0.3, 0.4) is 0 Å². The molecule has 1 atom stereocenters. The quantitative estimate of drug-likeness (QED) is 0.823. The van der Waals surface area contributed by atoms with Crippen LogP contribution in [0.15, 0.2) is 52.1 Å². The number of rotatable bonds is 4. The molecular formula is C21H27N3O3. The van der Waals surface area contributed by atoms with Crippen LogP contribution in [-0.4, -0.2) is 35.1 Å². The number of carbonyl (C=O) groups is 1. The zero-order valence-corrected chi connectivity index (χ0v) is 16.8. The molecule has 0 amide bonds. The van der Waals surface area contributed by atoms with E-state index < -0.39 is 0 Å². The Morgan fingerprint density at radius 1 is 1.33 bits per heavy atom. The van der Waals surface area contributed by atoms with E-state index in [4.69, 9.17) is 14.5 Å². The van der Waals surface area contributed by atoms with Gasteiger partial charge in [0.05, 0.1) is 23.1 Å². The van der Waals surface area contributed by atoms with Crippen molar-refractivity contribution >= 4 is 11.9 Å². The fourth-order valence-corrected chi connectivity index (χ4v) is 3.43. The molecule has 3 heterocycles. The van der Waals surface area contributed by atoms with Gasteiger partial charge in [-0.1, -0.05) is 6.07 Å². The Morgan fingerprint density at radius 2 is 2.07 bits per heavy atom. The first-order chi connectivity index (χ1) is 12.7. The van der Waals surface area contributed by atoms with E-state index in [1.165, 1.54) is 0 Å². The van der Waals surface area contributed by atoms with Crippen LogP contribution in [0, 0.1) is 0 Å². The molecule has 0 bridgehead atoms. The third kappa shape index (κ3) is 3.89. The van der Waals surface area contributed by atoms with Crippen molar-refractivity contribution in [2.75, 3.05) is 6.61 Å². The van der Waals surface area contributed by atoms with E-state index in [1.54, 1.807) is 12.4 Å². The van der Waals surface area contributed by atoms with Crippen molar-refractivity contribution < 1.29 is 14.3 Å². The number of aliphatic imine (C=N–C) groups is 1. The van der Waals surface area contributed by atoms with Gasteiger partial charge in [-0.3, -0.25) is 4.98 Å². The van der Waals surface area contributed by atoms with Crippen molar-refractivity contribution in [3.63, 3.8) is 0 Å². The second-order valence-electron chi connectivity index (χ2n) is 7.89. The van der Waals surface area contributed by atoms with Crippen molar-refractivity contribution in [3.8, 4) is 0 Å². The smallest absolute Gasteiger partial charge is 0.337 e. The average molecular weight is 369 g/mol. The maximum atomic E-state index is 13.0. The molecule has 1 N–H and O–H groups in total. The van der Waals surface area contributed by atoms with Gasteiger partial charge in [0.25, 0.3) is 0 Å². The average Bonchev–Trinajstić information content (AvgIpc) is 2.93. The molecule has 6 heteroatoms. The highest BCUT2D eigenvalue weighted by atomic mass is 16.5. The molecule has 6 nitrogen and oxygen atoms in total. The Labute approximate surface area is 160 Å². The van der Waals surface area contributed by atoms with E-state index in [0.717, 1.165) is 22.5 Å². The molecule has 3 rings (SSSR count). The van der Waals surface area contributed by atoms with Crippen LogP contribution in [0.2, 0.25) is 0 Å². The van der Waals surface area contributed by atoms with Crippen molar-refractivity contribution in [1.82, 2.24) is 10.3 Å². The maximum absolute atomic E-state index is 13.0. The maximum Gasteiger partial charge on any atom is 0.337 e. The highest BCUT2D eigenvalue weighted by molar-refractivity contribution is 6.02. The molecule has 0 radical (unpaired) electrons. The second-order valence-corrected chi connectivity index (χ2v) is 7.89. The third-order valence-corrected chi connectivity index (χ3v) is 4.54. The van der Waals surface area contributed by atoms with Crippen LogP contribution in [0.4, 0.5) is 0 Å². The van der Waals surface area contributed by atoms with Crippen LogP contribution in [0.25, 0.3) is 0 Å². The first-order valence-corrected chi connectivity index (χ1v) is 9.22. The first kappa shape index (κ1) is 19.1. The fourth-order valence-electron chi connectivity index (χ4n) is 3.43. The van der Waals surface area contributed by atoms with Crippen molar-refractivity contribution in [2.24, 2.45) is 4.99 Å². The molecule has 144 valence electrons. The van der Waals surface area contributed by atoms with E-state index >= 15 is 0 Å². The summed E-state index contributed by atoms with van der Waals surface area (Å²) in [5, 5.41) is 3.31. The molecule has 0 aliphatic carbocycles. The topological polar surface area (TPSA) is 72.8 Å². The van der Waals surface area contributed by atoms with Crippen LogP contribution in [-0.2, 0) is 14.3 Å². The van der Waals surface area contributed by atoms with Gasteiger partial charge in [-0.15, -0.1) is 0 Å². The number of nitrogens with zero attached hydrogens (tertiary/aromatic N) is 2. The lowest BCUT2D eigenvalue weighted by molar-refractivity contribution is -0.143. The number of esters is 1. The molecule has 0 saturated carbocycles. The summed E-state index contributed by atoms with van der Waals surface area (Å²) in [4.78, 5) is 22.0. The number of allylic oxidation sites excluding steroid dienone is 2. The third-order valence-electron chi connectivity index (χ3n) is 4.54. The number of pyridine rings is 1. The zero-order valence-electron chi connectivity index (χ0n) is 16.8. The van der Waals surface area contributed by atoms with Gasteiger partial charge < -0.3 is 14.8 Å². The summed E-state index contributed by atoms with van der Waals surface area (Å²) < 4.78 is 11.5. The van der Waals surface area contributed by atoms with Gasteiger partial charge in [0.1, 0.15) is 6.61 Å². The molecule has 0 spiro atoms. The zero-order chi connectivity index (χ0) is 19.8. The summed E-state index contributed by atoms with van der Waals surface area (Å²) in [6, 6.07) is 3.83. The van der Waals surface area contributed by atoms with E-state index in [-0.39, 0.29) is 23.5 Å². The standard InChI is InChI=1S/C21H27N3O3/c1-12(2)27-20(25)17-14(4)23-13(3)16(19-24-21(5,6)11-26-19)18(17)15-8-7-9-22-10-15/h7-10,12,18,23H,11H2,1-6H3/t18-/m1/s1. The number of hydrogen-bond acceptors (Lipinski definition) is 6.